The van der Waals surface area contributed by atoms with E-state index in [1.807, 2.05) is 0 Å². The number of benzene rings is 3. The minimum atomic E-state index is -4.21. The lowest BCUT2D eigenvalue weighted by atomic mass is 10.2. The van der Waals surface area contributed by atoms with Crippen LogP contribution in [-0.4, -0.2) is 41.8 Å². The number of carbonyl (C=O) groups is 1. The highest BCUT2D eigenvalue weighted by Crippen LogP contribution is 2.30. The van der Waals surface area contributed by atoms with E-state index in [1.54, 1.807) is 25.3 Å². The average molecular weight is 493 g/mol. The van der Waals surface area contributed by atoms with Crippen LogP contribution in [-0.2, 0) is 14.8 Å². The highest BCUT2D eigenvalue weighted by Gasteiger charge is 2.18. The van der Waals surface area contributed by atoms with Crippen LogP contribution in [0.3, 0.4) is 0 Å². The fraction of sp³-hybridized carbons (Fsp3) is 0.174. The van der Waals surface area contributed by atoms with Crippen molar-refractivity contribution in [1.82, 2.24) is 0 Å². The molecule has 0 bridgehead atoms. The predicted molar refractivity (Wildman–Crippen MR) is 122 cm³/mol. The van der Waals surface area contributed by atoms with Gasteiger partial charge in [0.2, 0.25) is 0 Å². The molecule has 34 heavy (non-hydrogen) atoms. The van der Waals surface area contributed by atoms with Gasteiger partial charge >= 0.3 is 0 Å². The van der Waals surface area contributed by atoms with E-state index in [1.165, 1.54) is 31.4 Å². The Bertz CT molecular complexity index is 1280. The number of carbonyl (C=O) groups excluding carboxylic acids is 1. The molecule has 0 saturated carbocycles. The summed E-state index contributed by atoms with van der Waals surface area (Å²) in [5.41, 5.74) is 0.643. The van der Waals surface area contributed by atoms with Crippen LogP contribution in [0.2, 0.25) is 0 Å². The third kappa shape index (κ3) is 6.21. The van der Waals surface area contributed by atoms with Crippen molar-refractivity contribution in [3.63, 3.8) is 0 Å². The summed E-state index contributed by atoms with van der Waals surface area (Å²) < 4.78 is 69.6. The van der Waals surface area contributed by atoms with E-state index in [4.69, 9.17) is 14.2 Å². The minimum absolute atomic E-state index is 0.0655. The van der Waals surface area contributed by atoms with E-state index >= 15 is 0 Å². The molecule has 0 spiro atoms. The van der Waals surface area contributed by atoms with Gasteiger partial charge in [0.05, 0.1) is 18.6 Å². The fourth-order valence-electron chi connectivity index (χ4n) is 2.89. The van der Waals surface area contributed by atoms with Crippen molar-refractivity contribution < 1.29 is 36.2 Å². The lowest BCUT2D eigenvalue weighted by molar-refractivity contribution is 0.102. The van der Waals surface area contributed by atoms with E-state index in [2.05, 4.69) is 10.0 Å². The molecule has 0 radical (unpaired) electrons. The Balaban J connectivity index is 1.76. The Morgan fingerprint density at radius 2 is 1.68 bits per heavy atom. The molecular weight excluding hydrogens is 470 g/mol. The highest BCUT2D eigenvalue weighted by atomic mass is 32.2. The summed E-state index contributed by atoms with van der Waals surface area (Å²) in [6.07, 6.45) is 0. The van der Waals surface area contributed by atoms with E-state index in [0.717, 1.165) is 12.1 Å². The SMILES string of the molecule is COCCOc1cc(NC(=O)c2cccc(NS(=O)(=O)c3ccc(F)c(F)c3)c2)ccc1OC. The van der Waals surface area contributed by atoms with Gasteiger partial charge in [-0.2, -0.15) is 0 Å². The second-order valence-corrected chi connectivity index (χ2v) is 8.61. The number of rotatable bonds is 10. The Labute approximate surface area is 195 Å². The standard InChI is InChI=1S/C23H22F2N2O6S/c1-31-10-11-33-22-13-16(6-9-21(22)32-2)26-23(28)15-4-3-5-17(12-15)27-34(29,30)18-7-8-19(24)20(25)14-18/h3-9,12-14,27H,10-11H2,1-2H3,(H,26,28). The van der Waals surface area contributed by atoms with E-state index in [0.29, 0.717) is 29.9 Å². The summed E-state index contributed by atoms with van der Waals surface area (Å²) in [6, 6.07) is 12.8. The van der Waals surface area contributed by atoms with Gasteiger partial charge in [-0.25, -0.2) is 17.2 Å². The molecule has 0 aliphatic rings. The Morgan fingerprint density at radius 3 is 2.38 bits per heavy atom. The van der Waals surface area contributed by atoms with Crippen LogP contribution in [0.5, 0.6) is 11.5 Å². The predicted octanol–water partition coefficient (Wildman–Crippen LogP) is 4.05. The monoisotopic (exact) mass is 492 g/mol. The van der Waals surface area contributed by atoms with E-state index in [-0.39, 0.29) is 17.9 Å². The lowest BCUT2D eigenvalue weighted by Gasteiger charge is -2.13. The molecule has 11 heteroatoms. The molecule has 0 fully saturated rings. The molecule has 2 N–H and O–H groups in total. The van der Waals surface area contributed by atoms with Crippen LogP contribution < -0.4 is 19.5 Å². The van der Waals surface area contributed by atoms with Gasteiger partial charge in [0.1, 0.15) is 6.61 Å². The zero-order valence-corrected chi connectivity index (χ0v) is 19.1. The molecule has 0 heterocycles. The Hall–Kier alpha value is -3.70. The largest absolute Gasteiger partial charge is 0.493 e. The van der Waals surface area contributed by atoms with Gasteiger partial charge in [0, 0.05) is 30.1 Å². The Morgan fingerprint density at radius 1 is 0.882 bits per heavy atom. The van der Waals surface area contributed by atoms with Crippen molar-refractivity contribution in [2.45, 2.75) is 4.90 Å². The maximum absolute atomic E-state index is 13.4. The molecule has 0 unspecified atom stereocenters. The van der Waals surface area contributed by atoms with Crippen molar-refractivity contribution in [3.8, 4) is 11.5 Å². The number of nitrogens with one attached hydrogen (secondary N) is 2. The summed E-state index contributed by atoms with van der Waals surface area (Å²) in [7, 11) is -1.17. The quantitative estimate of drug-likeness (QED) is 0.414. The topological polar surface area (TPSA) is 103 Å². The van der Waals surface area contributed by atoms with Gasteiger partial charge in [-0.3, -0.25) is 9.52 Å². The molecule has 3 aromatic carbocycles. The van der Waals surface area contributed by atoms with Gasteiger partial charge in [0.25, 0.3) is 15.9 Å². The molecule has 3 rings (SSSR count). The molecule has 3 aromatic rings. The molecule has 0 aliphatic carbocycles. The number of hydrogen-bond donors (Lipinski definition) is 2. The fourth-order valence-corrected chi connectivity index (χ4v) is 3.95. The molecule has 180 valence electrons. The third-order valence-electron chi connectivity index (χ3n) is 4.54. The van der Waals surface area contributed by atoms with Gasteiger partial charge in [-0.05, 0) is 48.5 Å². The summed E-state index contributed by atoms with van der Waals surface area (Å²) >= 11 is 0. The van der Waals surface area contributed by atoms with Crippen molar-refractivity contribution in [1.29, 1.82) is 0 Å². The second kappa shape index (κ2) is 10.9. The van der Waals surface area contributed by atoms with Gasteiger partial charge in [-0.15, -0.1) is 0 Å². The molecule has 0 atom stereocenters. The van der Waals surface area contributed by atoms with Crippen molar-refractivity contribution in [3.05, 3.63) is 77.9 Å². The smallest absolute Gasteiger partial charge is 0.261 e. The first-order valence-electron chi connectivity index (χ1n) is 9.92. The molecular formula is C23H22F2N2O6S. The summed E-state index contributed by atoms with van der Waals surface area (Å²) in [6.45, 7) is 0.650. The van der Waals surface area contributed by atoms with Gasteiger partial charge in [-0.1, -0.05) is 6.07 Å². The van der Waals surface area contributed by atoms with Crippen molar-refractivity contribution in [2.75, 3.05) is 37.5 Å². The van der Waals surface area contributed by atoms with Crippen molar-refractivity contribution in [2.24, 2.45) is 0 Å². The van der Waals surface area contributed by atoms with Crippen LogP contribution in [0.4, 0.5) is 20.2 Å². The van der Waals surface area contributed by atoms with Crippen LogP contribution in [0.1, 0.15) is 10.4 Å². The third-order valence-corrected chi connectivity index (χ3v) is 5.92. The second-order valence-electron chi connectivity index (χ2n) is 6.92. The van der Waals surface area contributed by atoms with Crippen LogP contribution in [0.15, 0.2) is 65.6 Å². The van der Waals surface area contributed by atoms with Gasteiger partial charge in [0.15, 0.2) is 23.1 Å². The number of ether oxygens (including phenoxy) is 3. The summed E-state index contributed by atoms with van der Waals surface area (Å²) in [5.74, 6) is -2.08. The summed E-state index contributed by atoms with van der Waals surface area (Å²) in [5, 5.41) is 2.70. The lowest BCUT2D eigenvalue weighted by Crippen LogP contribution is -2.15. The molecule has 0 aliphatic heterocycles. The normalized spacial score (nSPS) is 11.1. The number of amides is 1. The zero-order valence-electron chi connectivity index (χ0n) is 18.3. The van der Waals surface area contributed by atoms with Crippen LogP contribution >= 0.6 is 0 Å². The highest BCUT2D eigenvalue weighted by molar-refractivity contribution is 7.92. The van der Waals surface area contributed by atoms with E-state index in [9.17, 15) is 22.0 Å². The number of methoxy groups -OCH3 is 2. The van der Waals surface area contributed by atoms with Crippen LogP contribution in [0, 0.1) is 11.6 Å². The first-order chi connectivity index (χ1) is 16.2. The first kappa shape index (κ1) is 24.9. The maximum atomic E-state index is 13.4. The first-order valence-corrected chi connectivity index (χ1v) is 11.4. The zero-order chi connectivity index (χ0) is 24.7. The molecule has 0 saturated heterocycles. The Kier molecular flexibility index (Phi) is 8.03. The van der Waals surface area contributed by atoms with Crippen LogP contribution in [0.25, 0.3) is 0 Å². The number of halogens is 2. The van der Waals surface area contributed by atoms with Gasteiger partial charge < -0.3 is 19.5 Å². The van der Waals surface area contributed by atoms with E-state index < -0.39 is 32.5 Å². The minimum Gasteiger partial charge on any atom is -0.493 e. The average Bonchev–Trinajstić information content (AvgIpc) is 2.81. The molecule has 0 aromatic heterocycles. The van der Waals surface area contributed by atoms with Crippen molar-refractivity contribution >= 4 is 27.3 Å². The molecule has 8 nitrogen and oxygen atoms in total. The number of hydrogen-bond acceptors (Lipinski definition) is 6. The maximum Gasteiger partial charge on any atom is 0.261 e. The molecule has 1 amide bonds. The number of sulfonamides is 1. The number of anilines is 2. The summed E-state index contributed by atoms with van der Waals surface area (Å²) in [4.78, 5) is 12.3.